The van der Waals surface area contributed by atoms with Crippen molar-refractivity contribution in [3.05, 3.63) is 48.3 Å². The van der Waals surface area contributed by atoms with Crippen molar-refractivity contribution >= 4 is 38.3 Å². The Hall–Kier alpha value is -2.47. The molecule has 19 heavy (non-hydrogen) atoms. The number of hydrogen-bond acceptors (Lipinski definition) is 5. The number of benzene rings is 1. The number of thiazole rings is 1. The van der Waals surface area contributed by atoms with E-state index in [2.05, 4.69) is 15.3 Å². The maximum atomic E-state index is 12.0. The zero-order chi connectivity index (χ0) is 13.2. The standard InChI is InChI=1S/C13H10N4OS/c14-8-5-6-15-10(7-8)12(18)17-13-16-9-3-1-2-4-11(9)19-13/h1-7H,(H2,14,15)(H,16,17,18). The summed E-state index contributed by atoms with van der Waals surface area (Å²) in [6.07, 6.45) is 1.50. The molecule has 3 N–H and O–H groups in total. The number of nitrogen functional groups attached to an aromatic ring is 1. The number of anilines is 2. The molecule has 5 nitrogen and oxygen atoms in total. The molecule has 3 aromatic rings. The minimum atomic E-state index is -0.314. The van der Waals surface area contributed by atoms with Crippen molar-refractivity contribution in [1.29, 1.82) is 0 Å². The van der Waals surface area contributed by atoms with Gasteiger partial charge in [0.1, 0.15) is 5.69 Å². The van der Waals surface area contributed by atoms with Gasteiger partial charge in [-0.2, -0.15) is 0 Å². The van der Waals surface area contributed by atoms with Crippen molar-refractivity contribution in [1.82, 2.24) is 9.97 Å². The van der Waals surface area contributed by atoms with Crippen molar-refractivity contribution in [2.45, 2.75) is 0 Å². The van der Waals surface area contributed by atoms with Crippen LogP contribution in [-0.4, -0.2) is 15.9 Å². The van der Waals surface area contributed by atoms with Crippen LogP contribution in [0.3, 0.4) is 0 Å². The Morgan fingerprint density at radius 3 is 2.89 bits per heavy atom. The molecule has 2 heterocycles. The second kappa shape index (κ2) is 4.66. The van der Waals surface area contributed by atoms with Crippen LogP contribution in [0, 0.1) is 0 Å². The molecule has 0 fully saturated rings. The second-order valence-electron chi connectivity index (χ2n) is 3.92. The number of nitrogens with one attached hydrogen (secondary N) is 1. The zero-order valence-corrected chi connectivity index (χ0v) is 10.6. The van der Waals surface area contributed by atoms with Gasteiger partial charge in [-0.05, 0) is 24.3 Å². The van der Waals surface area contributed by atoms with Gasteiger partial charge in [0.25, 0.3) is 5.91 Å². The summed E-state index contributed by atoms with van der Waals surface area (Å²) in [4.78, 5) is 20.3. The van der Waals surface area contributed by atoms with Gasteiger partial charge in [0.05, 0.1) is 10.2 Å². The first-order chi connectivity index (χ1) is 9.22. The number of rotatable bonds is 2. The molecule has 0 spiro atoms. The summed E-state index contributed by atoms with van der Waals surface area (Å²) < 4.78 is 1.03. The molecule has 0 aliphatic rings. The van der Waals surface area contributed by atoms with E-state index in [9.17, 15) is 4.79 Å². The molecular weight excluding hydrogens is 260 g/mol. The first-order valence-electron chi connectivity index (χ1n) is 5.61. The Morgan fingerprint density at radius 1 is 1.26 bits per heavy atom. The van der Waals surface area contributed by atoms with Gasteiger partial charge in [-0.25, -0.2) is 4.98 Å². The maximum absolute atomic E-state index is 12.0. The molecule has 94 valence electrons. The smallest absolute Gasteiger partial charge is 0.276 e. The van der Waals surface area contributed by atoms with Crippen LogP contribution >= 0.6 is 11.3 Å². The number of amides is 1. The lowest BCUT2D eigenvalue weighted by molar-refractivity contribution is 0.102. The minimum absolute atomic E-state index is 0.277. The van der Waals surface area contributed by atoms with Crippen LogP contribution in [0.2, 0.25) is 0 Å². The third-order valence-electron chi connectivity index (χ3n) is 2.53. The molecule has 3 rings (SSSR count). The van der Waals surface area contributed by atoms with E-state index in [4.69, 9.17) is 5.73 Å². The second-order valence-corrected chi connectivity index (χ2v) is 4.95. The molecular formula is C13H10N4OS. The number of fused-ring (bicyclic) bond motifs is 1. The molecule has 0 unspecified atom stereocenters. The topological polar surface area (TPSA) is 80.9 Å². The van der Waals surface area contributed by atoms with E-state index >= 15 is 0 Å². The van der Waals surface area contributed by atoms with Gasteiger partial charge in [0.2, 0.25) is 0 Å². The van der Waals surface area contributed by atoms with Gasteiger partial charge in [-0.3, -0.25) is 15.1 Å². The van der Waals surface area contributed by atoms with E-state index in [-0.39, 0.29) is 11.6 Å². The SMILES string of the molecule is Nc1ccnc(C(=O)Nc2nc3ccccc3s2)c1. The average Bonchev–Trinajstić information content (AvgIpc) is 2.80. The molecule has 0 bridgehead atoms. The quantitative estimate of drug-likeness (QED) is 0.749. The minimum Gasteiger partial charge on any atom is -0.399 e. The fourth-order valence-electron chi connectivity index (χ4n) is 1.66. The van der Waals surface area contributed by atoms with Gasteiger partial charge in [0, 0.05) is 11.9 Å². The van der Waals surface area contributed by atoms with Crippen molar-refractivity contribution in [2.24, 2.45) is 0 Å². The van der Waals surface area contributed by atoms with Crippen LogP contribution in [0.4, 0.5) is 10.8 Å². The highest BCUT2D eigenvalue weighted by Crippen LogP contribution is 2.25. The Balaban J connectivity index is 1.86. The first-order valence-corrected chi connectivity index (χ1v) is 6.42. The number of nitrogens with two attached hydrogens (primary N) is 1. The number of nitrogens with zero attached hydrogens (tertiary/aromatic N) is 2. The monoisotopic (exact) mass is 270 g/mol. The predicted octanol–water partition coefficient (Wildman–Crippen LogP) is 2.53. The maximum Gasteiger partial charge on any atom is 0.276 e. The van der Waals surface area contributed by atoms with E-state index in [1.807, 2.05) is 24.3 Å². The third kappa shape index (κ3) is 2.38. The van der Waals surface area contributed by atoms with Crippen LogP contribution in [-0.2, 0) is 0 Å². The van der Waals surface area contributed by atoms with Crippen molar-refractivity contribution in [3.63, 3.8) is 0 Å². The number of carbonyl (C=O) groups excluding carboxylic acids is 1. The summed E-state index contributed by atoms with van der Waals surface area (Å²) in [7, 11) is 0. The Bertz CT molecular complexity index is 720. The average molecular weight is 270 g/mol. The highest BCUT2D eigenvalue weighted by Gasteiger charge is 2.10. The molecule has 0 aliphatic heterocycles. The van der Waals surface area contributed by atoms with Gasteiger partial charge in [0.15, 0.2) is 5.13 Å². The summed E-state index contributed by atoms with van der Waals surface area (Å²) in [5.41, 5.74) is 7.26. The molecule has 0 atom stereocenters. The lowest BCUT2D eigenvalue weighted by Gasteiger charge is -2.01. The van der Waals surface area contributed by atoms with Crippen LogP contribution in [0.15, 0.2) is 42.6 Å². The molecule has 0 saturated heterocycles. The highest BCUT2D eigenvalue weighted by molar-refractivity contribution is 7.22. The number of pyridine rings is 1. The lowest BCUT2D eigenvalue weighted by atomic mass is 10.3. The molecule has 1 aromatic carbocycles. The largest absolute Gasteiger partial charge is 0.399 e. The normalized spacial score (nSPS) is 10.5. The van der Waals surface area contributed by atoms with E-state index in [0.717, 1.165) is 10.2 Å². The van der Waals surface area contributed by atoms with Crippen LogP contribution in [0.5, 0.6) is 0 Å². The van der Waals surface area contributed by atoms with Gasteiger partial charge in [-0.1, -0.05) is 23.5 Å². The predicted molar refractivity (Wildman–Crippen MR) is 76.2 cm³/mol. The zero-order valence-electron chi connectivity index (χ0n) is 9.83. The summed E-state index contributed by atoms with van der Waals surface area (Å²) in [6.45, 7) is 0. The van der Waals surface area contributed by atoms with Crippen molar-refractivity contribution in [3.8, 4) is 0 Å². The third-order valence-corrected chi connectivity index (χ3v) is 3.48. The van der Waals surface area contributed by atoms with E-state index in [1.165, 1.54) is 23.6 Å². The molecule has 0 aliphatic carbocycles. The van der Waals surface area contributed by atoms with Gasteiger partial charge in [-0.15, -0.1) is 0 Å². The van der Waals surface area contributed by atoms with E-state index in [1.54, 1.807) is 6.07 Å². The van der Waals surface area contributed by atoms with Crippen LogP contribution in [0.25, 0.3) is 10.2 Å². The fourth-order valence-corrected chi connectivity index (χ4v) is 2.52. The van der Waals surface area contributed by atoms with Crippen molar-refractivity contribution in [2.75, 3.05) is 11.1 Å². The highest BCUT2D eigenvalue weighted by atomic mass is 32.1. The van der Waals surface area contributed by atoms with Crippen LogP contribution in [0.1, 0.15) is 10.5 Å². The first kappa shape index (κ1) is 11.6. The molecule has 6 heteroatoms. The van der Waals surface area contributed by atoms with Gasteiger partial charge >= 0.3 is 0 Å². The molecule has 0 saturated carbocycles. The summed E-state index contributed by atoms with van der Waals surface area (Å²) >= 11 is 1.42. The van der Waals surface area contributed by atoms with E-state index < -0.39 is 0 Å². The summed E-state index contributed by atoms with van der Waals surface area (Å²) in [5.74, 6) is -0.314. The number of para-hydroxylation sites is 1. The molecule has 2 aromatic heterocycles. The summed E-state index contributed by atoms with van der Waals surface area (Å²) in [5, 5.41) is 3.28. The summed E-state index contributed by atoms with van der Waals surface area (Å²) in [6, 6.07) is 10.9. The Kier molecular flexibility index (Phi) is 2.85. The van der Waals surface area contributed by atoms with Crippen LogP contribution < -0.4 is 11.1 Å². The lowest BCUT2D eigenvalue weighted by Crippen LogP contribution is -2.13. The fraction of sp³-hybridized carbons (Fsp3) is 0. The number of hydrogen-bond donors (Lipinski definition) is 2. The Morgan fingerprint density at radius 2 is 2.11 bits per heavy atom. The van der Waals surface area contributed by atoms with Crippen molar-refractivity contribution < 1.29 is 4.79 Å². The van der Waals surface area contributed by atoms with Gasteiger partial charge < -0.3 is 5.73 Å². The molecule has 1 amide bonds. The number of carbonyl (C=O) groups is 1. The Labute approximate surface area is 113 Å². The van der Waals surface area contributed by atoms with E-state index in [0.29, 0.717) is 10.8 Å². The number of aromatic nitrogens is 2. The molecule has 0 radical (unpaired) electrons.